The number of hydrogen-bond donors (Lipinski definition) is 0. The maximum atomic E-state index is 13.5. The predicted octanol–water partition coefficient (Wildman–Crippen LogP) is 5.86. The summed E-state index contributed by atoms with van der Waals surface area (Å²) in [5.41, 5.74) is 3.12. The Kier molecular flexibility index (Phi) is 5.30. The van der Waals surface area contributed by atoms with Gasteiger partial charge in [0.05, 0.1) is 5.75 Å². The summed E-state index contributed by atoms with van der Waals surface area (Å²) in [6.45, 7) is 3.80. The van der Waals surface area contributed by atoms with Gasteiger partial charge in [0.2, 0.25) is 0 Å². The van der Waals surface area contributed by atoms with E-state index in [0.717, 1.165) is 22.0 Å². The quantitative estimate of drug-likeness (QED) is 0.412. The van der Waals surface area contributed by atoms with Crippen LogP contribution in [0, 0.1) is 19.7 Å². The molecule has 2 nitrogen and oxygen atoms in total. The molecule has 2 aromatic carbocycles. The normalized spacial score (nSPS) is 10.9. The monoisotopic (exact) mass is 373 g/mol. The Balaban J connectivity index is 1.82. The predicted molar refractivity (Wildman–Crippen MR) is 102 cm³/mol. The highest BCUT2D eigenvalue weighted by Gasteiger charge is 2.17. The molecule has 128 valence electrons. The number of rotatable bonds is 5. The Hall–Kier alpha value is -2.04. The first-order chi connectivity index (χ1) is 12.0. The number of carbonyl (C=O) groups excluding carboxylic acids is 1. The standard InChI is InChI=1S/C20H17ClFNOS/c1-13-10-19(14(2)23(13)17-5-3-4-16(22)11-17)20(24)12-25-18-8-6-15(21)7-9-18/h3-11H,12H2,1-2H3. The topological polar surface area (TPSA) is 22.0 Å². The van der Waals surface area contributed by atoms with Gasteiger partial charge in [0.1, 0.15) is 5.82 Å². The smallest absolute Gasteiger partial charge is 0.174 e. The lowest BCUT2D eigenvalue weighted by atomic mass is 10.2. The second-order valence-corrected chi connectivity index (χ2v) is 7.25. The lowest BCUT2D eigenvalue weighted by Gasteiger charge is -2.10. The van der Waals surface area contributed by atoms with Crippen LogP contribution in [0.3, 0.4) is 0 Å². The van der Waals surface area contributed by atoms with Gasteiger partial charge in [-0.3, -0.25) is 4.79 Å². The van der Waals surface area contributed by atoms with Crippen LogP contribution in [-0.2, 0) is 0 Å². The molecule has 0 bridgehead atoms. The molecule has 0 aliphatic heterocycles. The van der Waals surface area contributed by atoms with Crippen molar-refractivity contribution in [2.45, 2.75) is 18.7 Å². The molecule has 0 saturated heterocycles. The minimum atomic E-state index is -0.295. The molecule has 25 heavy (non-hydrogen) atoms. The summed E-state index contributed by atoms with van der Waals surface area (Å²) >= 11 is 7.35. The first-order valence-electron chi connectivity index (χ1n) is 7.82. The summed E-state index contributed by atoms with van der Waals surface area (Å²) < 4.78 is 15.4. The molecule has 3 rings (SSSR count). The van der Waals surface area contributed by atoms with Crippen LogP contribution in [0.2, 0.25) is 5.02 Å². The molecule has 0 spiro atoms. The second kappa shape index (κ2) is 7.46. The number of thioether (sulfide) groups is 1. The molecule has 0 saturated carbocycles. The van der Waals surface area contributed by atoms with Crippen molar-refractivity contribution >= 4 is 29.1 Å². The SMILES string of the molecule is Cc1cc(C(=O)CSc2ccc(Cl)cc2)c(C)n1-c1cccc(F)c1. The van der Waals surface area contributed by atoms with E-state index in [2.05, 4.69) is 0 Å². The van der Waals surface area contributed by atoms with E-state index in [4.69, 9.17) is 11.6 Å². The summed E-state index contributed by atoms with van der Waals surface area (Å²) in [7, 11) is 0. The molecule has 0 fully saturated rings. The Bertz CT molecular complexity index is 918. The van der Waals surface area contributed by atoms with Crippen molar-refractivity contribution in [1.29, 1.82) is 0 Å². The molecular formula is C20H17ClFNOS. The summed E-state index contributed by atoms with van der Waals surface area (Å²) in [4.78, 5) is 13.6. The van der Waals surface area contributed by atoms with Crippen LogP contribution < -0.4 is 0 Å². The number of nitrogens with zero attached hydrogens (tertiary/aromatic N) is 1. The van der Waals surface area contributed by atoms with Gasteiger partial charge < -0.3 is 4.57 Å². The van der Waals surface area contributed by atoms with Crippen molar-refractivity contribution in [1.82, 2.24) is 4.57 Å². The van der Waals surface area contributed by atoms with E-state index < -0.39 is 0 Å². The van der Waals surface area contributed by atoms with Crippen LogP contribution in [0.1, 0.15) is 21.7 Å². The van der Waals surface area contributed by atoms with Gasteiger partial charge in [0.15, 0.2) is 5.78 Å². The van der Waals surface area contributed by atoms with Crippen LogP contribution >= 0.6 is 23.4 Å². The van der Waals surface area contributed by atoms with E-state index in [9.17, 15) is 9.18 Å². The Morgan fingerprint density at radius 1 is 1.12 bits per heavy atom. The zero-order chi connectivity index (χ0) is 18.0. The number of carbonyl (C=O) groups is 1. The van der Waals surface area contributed by atoms with Gasteiger partial charge in [0, 0.05) is 32.6 Å². The minimum Gasteiger partial charge on any atom is -0.318 e. The van der Waals surface area contributed by atoms with E-state index in [1.165, 1.54) is 23.9 Å². The molecule has 0 aliphatic carbocycles. The van der Waals surface area contributed by atoms with Crippen LogP contribution in [0.25, 0.3) is 5.69 Å². The third-order valence-corrected chi connectivity index (χ3v) is 5.25. The van der Waals surface area contributed by atoms with E-state index in [-0.39, 0.29) is 11.6 Å². The largest absolute Gasteiger partial charge is 0.318 e. The van der Waals surface area contributed by atoms with E-state index in [1.807, 2.05) is 54.8 Å². The zero-order valence-electron chi connectivity index (χ0n) is 13.9. The Morgan fingerprint density at radius 3 is 2.52 bits per heavy atom. The molecule has 5 heteroatoms. The molecule has 3 aromatic rings. The number of ketones is 1. The molecule has 0 unspecified atom stereocenters. The third kappa shape index (κ3) is 3.97. The highest BCUT2D eigenvalue weighted by atomic mass is 35.5. The summed E-state index contributed by atoms with van der Waals surface area (Å²) in [6.07, 6.45) is 0. The van der Waals surface area contributed by atoms with Gasteiger partial charge in [-0.25, -0.2) is 4.39 Å². The highest BCUT2D eigenvalue weighted by Crippen LogP contribution is 2.25. The summed E-state index contributed by atoms with van der Waals surface area (Å²) in [5.74, 6) is 0.0987. The Morgan fingerprint density at radius 2 is 1.84 bits per heavy atom. The zero-order valence-corrected chi connectivity index (χ0v) is 15.5. The second-order valence-electron chi connectivity index (χ2n) is 5.77. The first-order valence-corrected chi connectivity index (χ1v) is 9.18. The molecule has 0 amide bonds. The molecule has 0 atom stereocenters. The number of halogens is 2. The number of aryl methyl sites for hydroxylation is 1. The molecule has 1 heterocycles. The van der Waals surface area contributed by atoms with Crippen molar-refractivity contribution in [2.24, 2.45) is 0 Å². The molecule has 1 aromatic heterocycles. The van der Waals surface area contributed by atoms with E-state index in [0.29, 0.717) is 16.3 Å². The van der Waals surface area contributed by atoms with Crippen molar-refractivity contribution in [2.75, 3.05) is 5.75 Å². The van der Waals surface area contributed by atoms with Gasteiger partial charge in [0.25, 0.3) is 0 Å². The highest BCUT2D eigenvalue weighted by molar-refractivity contribution is 8.00. The van der Waals surface area contributed by atoms with Gasteiger partial charge in [-0.05, 0) is 62.4 Å². The average Bonchev–Trinajstić information content (AvgIpc) is 2.88. The number of Topliss-reactive ketones (excluding diaryl/α,β-unsaturated/α-hetero) is 1. The summed E-state index contributed by atoms with van der Waals surface area (Å²) in [6, 6.07) is 15.7. The van der Waals surface area contributed by atoms with Gasteiger partial charge in [-0.15, -0.1) is 11.8 Å². The third-order valence-electron chi connectivity index (χ3n) is 3.98. The first kappa shape index (κ1) is 17.8. The van der Waals surface area contributed by atoms with Gasteiger partial charge in [-0.1, -0.05) is 17.7 Å². The van der Waals surface area contributed by atoms with E-state index >= 15 is 0 Å². The fourth-order valence-electron chi connectivity index (χ4n) is 2.82. The minimum absolute atomic E-state index is 0.0516. The van der Waals surface area contributed by atoms with E-state index in [1.54, 1.807) is 6.07 Å². The van der Waals surface area contributed by atoms with Crippen LogP contribution in [-0.4, -0.2) is 16.1 Å². The maximum Gasteiger partial charge on any atom is 0.174 e. The van der Waals surface area contributed by atoms with Crippen LogP contribution in [0.4, 0.5) is 4.39 Å². The van der Waals surface area contributed by atoms with Crippen LogP contribution in [0.15, 0.2) is 59.5 Å². The van der Waals surface area contributed by atoms with Crippen molar-refractivity contribution in [3.8, 4) is 5.69 Å². The number of aromatic nitrogens is 1. The van der Waals surface area contributed by atoms with Gasteiger partial charge in [-0.2, -0.15) is 0 Å². The molecule has 0 aliphatic rings. The van der Waals surface area contributed by atoms with Crippen molar-refractivity contribution in [3.63, 3.8) is 0 Å². The van der Waals surface area contributed by atoms with Gasteiger partial charge >= 0.3 is 0 Å². The number of benzene rings is 2. The fourth-order valence-corrected chi connectivity index (χ4v) is 3.72. The number of hydrogen-bond acceptors (Lipinski definition) is 2. The van der Waals surface area contributed by atoms with Crippen molar-refractivity contribution < 1.29 is 9.18 Å². The lowest BCUT2D eigenvalue weighted by Crippen LogP contribution is -2.05. The average molecular weight is 374 g/mol. The van der Waals surface area contributed by atoms with Crippen LogP contribution in [0.5, 0.6) is 0 Å². The summed E-state index contributed by atoms with van der Waals surface area (Å²) in [5, 5.41) is 0.675. The lowest BCUT2D eigenvalue weighted by molar-refractivity contribution is 0.102. The Labute approximate surface area is 155 Å². The fraction of sp³-hybridized carbons (Fsp3) is 0.150. The molecule has 0 radical (unpaired) electrons. The maximum absolute atomic E-state index is 13.5. The molecular weight excluding hydrogens is 357 g/mol. The van der Waals surface area contributed by atoms with Crippen molar-refractivity contribution in [3.05, 3.63) is 82.4 Å². The molecule has 0 N–H and O–H groups in total.